The van der Waals surface area contributed by atoms with Gasteiger partial charge in [-0.15, -0.1) is 11.8 Å². The van der Waals surface area contributed by atoms with Gasteiger partial charge in [0.15, 0.2) is 0 Å². The van der Waals surface area contributed by atoms with Gasteiger partial charge < -0.3 is 5.32 Å². The van der Waals surface area contributed by atoms with E-state index in [0.717, 1.165) is 0 Å². The van der Waals surface area contributed by atoms with Crippen molar-refractivity contribution in [2.45, 2.75) is 23.8 Å². The molecule has 0 bridgehead atoms. The number of hydrogen-bond acceptors (Lipinski definition) is 2. The average Bonchev–Trinajstić information content (AvgIpc) is 2.41. The molecule has 1 atom stereocenters. The van der Waals surface area contributed by atoms with E-state index in [0.29, 0.717) is 6.04 Å². The van der Waals surface area contributed by atoms with E-state index < -0.39 is 0 Å². The molecule has 2 aromatic carbocycles. The van der Waals surface area contributed by atoms with Crippen LogP contribution in [0.1, 0.15) is 24.4 Å². The third-order valence-corrected chi connectivity index (χ3v) is 4.47. The maximum Gasteiger partial charge on any atom is 0.0514 e. The Balaban J connectivity index is 1.90. The Morgan fingerprint density at radius 2 is 1.72 bits per heavy atom. The van der Waals surface area contributed by atoms with Crippen molar-refractivity contribution in [3.05, 3.63) is 60.2 Å². The zero-order valence-corrected chi connectivity index (χ0v) is 11.1. The van der Waals surface area contributed by atoms with Gasteiger partial charge in [0.25, 0.3) is 0 Å². The second-order valence-electron chi connectivity index (χ2n) is 4.59. The predicted octanol–water partition coefficient (Wildman–Crippen LogP) is 4.73. The third-order valence-electron chi connectivity index (χ3n) is 3.31. The van der Waals surface area contributed by atoms with Crippen LogP contribution in [0.15, 0.2) is 59.5 Å². The molecule has 1 unspecified atom stereocenters. The number of thioether (sulfide) groups is 1. The van der Waals surface area contributed by atoms with Crippen molar-refractivity contribution in [1.82, 2.24) is 0 Å². The smallest absolute Gasteiger partial charge is 0.0514 e. The van der Waals surface area contributed by atoms with E-state index in [9.17, 15) is 0 Å². The summed E-state index contributed by atoms with van der Waals surface area (Å²) in [6.45, 7) is 0. The molecular formula is C16H17NS. The zero-order valence-electron chi connectivity index (χ0n) is 10.3. The molecule has 3 rings (SSSR count). The minimum atomic E-state index is 0.438. The summed E-state index contributed by atoms with van der Waals surface area (Å²) in [7, 11) is 0. The highest BCUT2D eigenvalue weighted by atomic mass is 32.2. The Morgan fingerprint density at radius 3 is 2.61 bits per heavy atom. The lowest BCUT2D eigenvalue weighted by Crippen LogP contribution is -2.13. The predicted molar refractivity (Wildman–Crippen MR) is 79.2 cm³/mol. The van der Waals surface area contributed by atoms with E-state index in [2.05, 4.69) is 59.9 Å². The van der Waals surface area contributed by atoms with E-state index in [1.54, 1.807) is 0 Å². The third kappa shape index (κ3) is 2.54. The van der Waals surface area contributed by atoms with Gasteiger partial charge in [0.05, 0.1) is 6.04 Å². The van der Waals surface area contributed by atoms with E-state index >= 15 is 0 Å². The highest BCUT2D eigenvalue weighted by Crippen LogP contribution is 2.35. The van der Waals surface area contributed by atoms with Crippen LogP contribution in [0.5, 0.6) is 0 Å². The van der Waals surface area contributed by atoms with Crippen LogP contribution in [0.25, 0.3) is 0 Å². The largest absolute Gasteiger partial charge is 0.377 e. The zero-order chi connectivity index (χ0) is 12.2. The van der Waals surface area contributed by atoms with Crippen molar-refractivity contribution in [3.8, 4) is 0 Å². The molecular weight excluding hydrogens is 238 g/mol. The van der Waals surface area contributed by atoms with E-state index in [4.69, 9.17) is 0 Å². The first-order valence-electron chi connectivity index (χ1n) is 6.47. The molecule has 2 heteroatoms. The van der Waals surface area contributed by atoms with E-state index in [1.165, 1.54) is 34.7 Å². The molecule has 0 fully saturated rings. The van der Waals surface area contributed by atoms with Gasteiger partial charge >= 0.3 is 0 Å². The van der Waals surface area contributed by atoms with Gasteiger partial charge in [-0.25, -0.2) is 0 Å². The number of fused-ring (bicyclic) bond motifs is 1. The molecule has 0 aliphatic carbocycles. The lowest BCUT2D eigenvalue weighted by molar-refractivity contribution is 0.677. The van der Waals surface area contributed by atoms with Crippen LogP contribution in [0.2, 0.25) is 0 Å². The normalized spacial score (nSPS) is 19.2. The second kappa shape index (κ2) is 5.49. The Morgan fingerprint density at radius 1 is 0.944 bits per heavy atom. The fraction of sp³-hybridized carbons (Fsp3) is 0.250. The van der Waals surface area contributed by atoms with Gasteiger partial charge in [0, 0.05) is 10.6 Å². The molecule has 18 heavy (non-hydrogen) atoms. The van der Waals surface area contributed by atoms with Crippen molar-refractivity contribution in [3.63, 3.8) is 0 Å². The maximum atomic E-state index is 3.69. The maximum absolute atomic E-state index is 3.69. The molecule has 2 aromatic rings. The molecule has 1 heterocycles. The molecule has 0 aromatic heterocycles. The van der Waals surface area contributed by atoms with Gasteiger partial charge in [0.1, 0.15) is 0 Å². The molecule has 1 aliphatic heterocycles. The van der Waals surface area contributed by atoms with Gasteiger partial charge in [-0.1, -0.05) is 42.5 Å². The van der Waals surface area contributed by atoms with Gasteiger partial charge in [-0.3, -0.25) is 0 Å². The van der Waals surface area contributed by atoms with Crippen molar-refractivity contribution < 1.29 is 0 Å². The van der Waals surface area contributed by atoms with Crippen LogP contribution in [0, 0.1) is 0 Å². The van der Waals surface area contributed by atoms with Crippen molar-refractivity contribution in [1.29, 1.82) is 0 Å². The number of anilines is 1. The topological polar surface area (TPSA) is 12.0 Å². The lowest BCUT2D eigenvalue weighted by atomic mass is 10.0. The minimum absolute atomic E-state index is 0.438. The molecule has 0 spiro atoms. The Hall–Kier alpha value is -1.41. The van der Waals surface area contributed by atoms with Gasteiger partial charge in [-0.05, 0) is 36.3 Å². The summed E-state index contributed by atoms with van der Waals surface area (Å²) in [6.07, 6.45) is 2.46. The van der Waals surface area contributed by atoms with E-state index in [1.807, 2.05) is 11.8 Å². The van der Waals surface area contributed by atoms with Crippen LogP contribution in [0.3, 0.4) is 0 Å². The van der Waals surface area contributed by atoms with E-state index in [-0.39, 0.29) is 0 Å². The van der Waals surface area contributed by atoms with Crippen LogP contribution in [-0.2, 0) is 0 Å². The number of benzene rings is 2. The summed E-state index contributed by atoms with van der Waals surface area (Å²) in [5.41, 5.74) is 2.66. The average molecular weight is 255 g/mol. The van der Waals surface area contributed by atoms with Gasteiger partial charge in [-0.2, -0.15) is 0 Å². The summed E-state index contributed by atoms with van der Waals surface area (Å²) in [5, 5.41) is 3.69. The first-order valence-corrected chi connectivity index (χ1v) is 7.45. The summed E-state index contributed by atoms with van der Waals surface area (Å²) in [4.78, 5) is 1.37. The summed E-state index contributed by atoms with van der Waals surface area (Å²) in [6, 6.07) is 19.8. The first-order chi connectivity index (χ1) is 8.93. The fourth-order valence-corrected chi connectivity index (χ4v) is 3.36. The summed E-state index contributed by atoms with van der Waals surface area (Å²) >= 11 is 1.96. The Kier molecular flexibility index (Phi) is 3.56. The van der Waals surface area contributed by atoms with Crippen molar-refractivity contribution in [2.24, 2.45) is 0 Å². The lowest BCUT2D eigenvalue weighted by Gasteiger charge is -2.24. The molecule has 92 valence electrons. The SMILES string of the molecule is c1ccc(C2CCCSc3ccccc3N2)cc1. The molecule has 0 radical (unpaired) electrons. The van der Waals surface area contributed by atoms with Crippen LogP contribution >= 0.6 is 11.8 Å². The van der Waals surface area contributed by atoms with Crippen molar-refractivity contribution >= 4 is 17.4 Å². The number of hydrogen-bond donors (Lipinski definition) is 1. The van der Waals surface area contributed by atoms with Crippen LogP contribution in [-0.4, -0.2) is 5.75 Å². The highest BCUT2D eigenvalue weighted by molar-refractivity contribution is 7.99. The number of para-hydroxylation sites is 1. The fourth-order valence-electron chi connectivity index (χ4n) is 2.38. The Labute approximate surface area is 113 Å². The van der Waals surface area contributed by atoms with Gasteiger partial charge in [0.2, 0.25) is 0 Å². The number of nitrogens with one attached hydrogen (secondary N) is 1. The molecule has 1 N–H and O–H groups in total. The quantitative estimate of drug-likeness (QED) is 0.791. The molecule has 0 saturated heterocycles. The minimum Gasteiger partial charge on any atom is -0.377 e. The second-order valence-corrected chi connectivity index (χ2v) is 5.73. The van der Waals surface area contributed by atoms with Crippen LogP contribution in [0.4, 0.5) is 5.69 Å². The first kappa shape index (κ1) is 11.7. The molecule has 1 aliphatic rings. The molecule has 1 nitrogen and oxygen atoms in total. The monoisotopic (exact) mass is 255 g/mol. The standard InChI is InChI=1S/C16H17NS/c1-2-7-13(8-3-1)14-10-6-12-18-16-11-5-4-9-15(16)17-14/h1-5,7-9,11,14,17H,6,10,12H2. The molecule has 0 saturated carbocycles. The van der Waals surface area contributed by atoms with Crippen molar-refractivity contribution in [2.75, 3.05) is 11.1 Å². The number of rotatable bonds is 1. The van der Waals surface area contributed by atoms with Crippen LogP contribution < -0.4 is 5.32 Å². The summed E-state index contributed by atoms with van der Waals surface area (Å²) < 4.78 is 0. The summed E-state index contributed by atoms with van der Waals surface area (Å²) in [5.74, 6) is 1.21. The molecule has 0 amide bonds. The Bertz CT molecular complexity index is 510. The highest BCUT2D eigenvalue weighted by Gasteiger charge is 2.15.